The smallest absolute Gasteiger partial charge is 0.0462 e. The highest BCUT2D eigenvalue weighted by atomic mass is 16.5. The topological polar surface area (TPSA) is 24.9 Å². The first-order valence-corrected chi connectivity index (χ1v) is 14.1. The van der Waals surface area contributed by atoms with E-state index in [1.54, 1.807) is 0 Å². The van der Waals surface area contributed by atoms with Gasteiger partial charge in [0.05, 0.1) is 0 Å². The Morgan fingerprint density at radius 1 is 0.531 bits per heavy atom. The van der Waals surface area contributed by atoms with Crippen LogP contribution in [0, 0.1) is 5.92 Å². The first kappa shape index (κ1) is 29.9. The third-order valence-corrected chi connectivity index (χ3v) is 7.37. The molecule has 1 aliphatic rings. The van der Waals surface area contributed by atoms with Crippen LogP contribution >= 0.6 is 0 Å². The van der Waals surface area contributed by atoms with Crippen LogP contribution in [0.4, 0.5) is 0 Å². The molecule has 0 aliphatic carbocycles. The molecule has 192 valence electrons. The monoisotopic (exact) mass is 454 g/mol. The third-order valence-electron chi connectivity index (χ3n) is 7.37. The van der Waals surface area contributed by atoms with Gasteiger partial charge in [-0.3, -0.25) is 0 Å². The van der Waals surface area contributed by atoms with Gasteiger partial charge in [-0.05, 0) is 38.8 Å². The van der Waals surface area contributed by atoms with Crippen molar-refractivity contribution in [1.82, 2.24) is 9.80 Å². The summed E-state index contributed by atoms with van der Waals surface area (Å²) in [7, 11) is 5.88. The van der Waals surface area contributed by atoms with Crippen LogP contribution < -0.4 is 0 Å². The Balaban J connectivity index is 2.13. The molecule has 0 unspecified atom stereocenters. The van der Waals surface area contributed by atoms with E-state index in [0.717, 1.165) is 19.1 Å². The maximum absolute atomic E-state index is 5.15. The summed E-state index contributed by atoms with van der Waals surface area (Å²) >= 11 is 0. The molecule has 32 heavy (non-hydrogen) atoms. The zero-order valence-electron chi connectivity index (χ0n) is 22.3. The largest absolute Gasteiger partial charge is 0.385 e. The fourth-order valence-corrected chi connectivity index (χ4v) is 5.00. The molecule has 4 heteroatoms. The molecular formula is C28H58N2O2. The van der Waals surface area contributed by atoms with Crippen LogP contribution in [0.3, 0.4) is 0 Å². The second-order valence-corrected chi connectivity index (χ2v) is 10.3. The minimum Gasteiger partial charge on any atom is -0.385 e. The molecule has 0 atom stereocenters. The first-order valence-electron chi connectivity index (χ1n) is 14.1. The van der Waals surface area contributed by atoms with Gasteiger partial charge in [0.15, 0.2) is 0 Å². The predicted octanol–water partition coefficient (Wildman–Crippen LogP) is 6.77. The second kappa shape index (κ2) is 22.6. The van der Waals surface area contributed by atoms with E-state index in [-0.39, 0.29) is 0 Å². The van der Waals surface area contributed by atoms with Crippen molar-refractivity contribution in [3.63, 3.8) is 0 Å². The van der Waals surface area contributed by atoms with Gasteiger partial charge in [0, 0.05) is 53.6 Å². The third kappa shape index (κ3) is 18.3. The van der Waals surface area contributed by atoms with Gasteiger partial charge < -0.3 is 19.3 Å². The number of hydrogen-bond acceptors (Lipinski definition) is 4. The fourth-order valence-electron chi connectivity index (χ4n) is 5.00. The highest BCUT2D eigenvalue weighted by Gasteiger charge is 2.16. The molecular weight excluding hydrogens is 396 g/mol. The van der Waals surface area contributed by atoms with Gasteiger partial charge >= 0.3 is 0 Å². The van der Waals surface area contributed by atoms with Gasteiger partial charge in [0.2, 0.25) is 0 Å². The van der Waals surface area contributed by atoms with Crippen molar-refractivity contribution >= 4 is 0 Å². The second-order valence-electron chi connectivity index (χ2n) is 10.3. The van der Waals surface area contributed by atoms with Crippen molar-refractivity contribution in [3.8, 4) is 0 Å². The summed E-state index contributed by atoms with van der Waals surface area (Å²) < 4.78 is 10.3. The summed E-state index contributed by atoms with van der Waals surface area (Å²) in [5, 5.41) is 0. The van der Waals surface area contributed by atoms with E-state index in [1.807, 2.05) is 14.2 Å². The Hall–Kier alpha value is -0.160. The number of ether oxygens (including phenoxy) is 2. The van der Waals surface area contributed by atoms with E-state index in [1.165, 1.54) is 142 Å². The van der Waals surface area contributed by atoms with Crippen LogP contribution in [-0.4, -0.2) is 77.0 Å². The molecule has 1 rings (SSSR count). The molecule has 1 heterocycles. The zero-order valence-corrected chi connectivity index (χ0v) is 22.3. The lowest BCUT2D eigenvalue weighted by atomic mass is 9.91. The molecule has 0 aromatic rings. The number of methoxy groups -OCH3 is 2. The number of piperazine rings is 1. The minimum atomic E-state index is 0.933. The summed E-state index contributed by atoms with van der Waals surface area (Å²) in [6.07, 6.45) is 23.8. The van der Waals surface area contributed by atoms with Gasteiger partial charge in [-0.1, -0.05) is 89.9 Å². The predicted molar refractivity (Wildman–Crippen MR) is 140 cm³/mol. The molecule has 0 bridgehead atoms. The molecule has 1 fully saturated rings. The quantitative estimate of drug-likeness (QED) is 0.159. The van der Waals surface area contributed by atoms with Crippen molar-refractivity contribution in [2.24, 2.45) is 5.92 Å². The minimum absolute atomic E-state index is 0.933. The molecule has 0 radical (unpaired) electrons. The number of unbranched alkanes of at least 4 members (excludes halogenated alkanes) is 12. The summed E-state index contributed by atoms with van der Waals surface area (Å²) in [4.78, 5) is 5.19. The highest BCUT2D eigenvalue weighted by Crippen LogP contribution is 2.23. The maximum atomic E-state index is 5.15. The average molecular weight is 455 g/mol. The van der Waals surface area contributed by atoms with Crippen molar-refractivity contribution in [2.75, 3.05) is 67.2 Å². The lowest BCUT2D eigenvalue weighted by Gasteiger charge is -2.33. The molecule has 0 N–H and O–H groups in total. The molecule has 0 aromatic heterocycles. The molecule has 1 saturated heterocycles. The van der Waals surface area contributed by atoms with Crippen LogP contribution in [0.2, 0.25) is 0 Å². The van der Waals surface area contributed by atoms with Crippen LogP contribution in [0.5, 0.6) is 0 Å². The van der Waals surface area contributed by atoms with Gasteiger partial charge in [0.1, 0.15) is 0 Å². The molecule has 0 aromatic carbocycles. The van der Waals surface area contributed by atoms with E-state index in [9.17, 15) is 0 Å². The summed E-state index contributed by atoms with van der Waals surface area (Å²) in [6.45, 7) is 8.24. The summed E-state index contributed by atoms with van der Waals surface area (Å²) in [6, 6.07) is 0. The number of nitrogens with zero attached hydrogens (tertiary/aromatic N) is 2. The standard InChI is InChI=1S/C28H58N2O2/c1-29-22-24-30(25-23-29)21-20-28(18-14-10-6-4-8-12-16-26-31-2)19-15-11-7-5-9-13-17-27-32-3/h28H,4-27H2,1-3H3. The molecule has 0 spiro atoms. The Morgan fingerprint density at radius 3 is 1.38 bits per heavy atom. The van der Waals surface area contributed by atoms with Gasteiger partial charge in [-0.25, -0.2) is 0 Å². The van der Waals surface area contributed by atoms with E-state index in [0.29, 0.717) is 0 Å². The van der Waals surface area contributed by atoms with Crippen molar-refractivity contribution in [2.45, 2.75) is 109 Å². The number of rotatable bonds is 23. The van der Waals surface area contributed by atoms with Gasteiger partial charge in [0.25, 0.3) is 0 Å². The van der Waals surface area contributed by atoms with Crippen molar-refractivity contribution < 1.29 is 9.47 Å². The van der Waals surface area contributed by atoms with Crippen LogP contribution in [0.25, 0.3) is 0 Å². The van der Waals surface area contributed by atoms with Crippen molar-refractivity contribution in [1.29, 1.82) is 0 Å². The summed E-state index contributed by atoms with van der Waals surface area (Å²) in [5.74, 6) is 0.957. The SMILES string of the molecule is COCCCCCCCCCC(CCCCCCCCCOC)CCN1CCN(C)CC1. The average Bonchev–Trinajstić information content (AvgIpc) is 2.80. The molecule has 0 amide bonds. The van der Waals surface area contributed by atoms with Gasteiger partial charge in [-0.15, -0.1) is 0 Å². The molecule has 0 saturated carbocycles. The van der Waals surface area contributed by atoms with E-state index < -0.39 is 0 Å². The molecule has 4 nitrogen and oxygen atoms in total. The Labute approximate surface area is 201 Å². The first-order chi connectivity index (χ1) is 15.8. The Morgan fingerprint density at radius 2 is 0.938 bits per heavy atom. The van der Waals surface area contributed by atoms with Crippen LogP contribution in [0.15, 0.2) is 0 Å². The lowest BCUT2D eigenvalue weighted by molar-refractivity contribution is 0.144. The zero-order chi connectivity index (χ0) is 23.1. The van der Waals surface area contributed by atoms with E-state index >= 15 is 0 Å². The Bertz CT molecular complexity index is 350. The molecule has 1 aliphatic heterocycles. The Kier molecular flexibility index (Phi) is 21.1. The van der Waals surface area contributed by atoms with Gasteiger partial charge in [-0.2, -0.15) is 0 Å². The summed E-state index contributed by atoms with van der Waals surface area (Å²) in [5.41, 5.74) is 0. The lowest BCUT2D eigenvalue weighted by Crippen LogP contribution is -2.44. The normalized spacial score (nSPS) is 15.8. The van der Waals surface area contributed by atoms with Crippen LogP contribution in [-0.2, 0) is 9.47 Å². The maximum Gasteiger partial charge on any atom is 0.0462 e. The highest BCUT2D eigenvalue weighted by molar-refractivity contribution is 4.71. The number of hydrogen-bond donors (Lipinski definition) is 0. The van der Waals surface area contributed by atoms with Crippen LogP contribution in [0.1, 0.15) is 109 Å². The fraction of sp³-hybridized carbons (Fsp3) is 1.00. The van der Waals surface area contributed by atoms with E-state index in [2.05, 4.69) is 16.8 Å². The van der Waals surface area contributed by atoms with Crippen molar-refractivity contribution in [3.05, 3.63) is 0 Å². The van der Waals surface area contributed by atoms with E-state index in [4.69, 9.17) is 9.47 Å². The number of likely N-dealkylation sites (N-methyl/N-ethyl adjacent to an activating group) is 1.